The van der Waals surface area contributed by atoms with E-state index in [4.69, 9.17) is 4.74 Å². The van der Waals surface area contributed by atoms with Crippen LogP contribution in [-0.2, 0) is 10.0 Å². The Morgan fingerprint density at radius 2 is 1.82 bits per heavy atom. The zero-order valence-electron chi connectivity index (χ0n) is 17.8. The van der Waals surface area contributed by atoms with Crippen molar-refractivity contribution < 1.29 is 28.0 Å². The van der Waals surface area contributed by atoms with E-state index in [2.05, 4.69) is 15.2 Å². The van der Waals surface area contributed by atoms with Crippen LogP contribution in [-0.4, -0.2) is 37.2 Å². The van der Waals surface area contributed by atoms with Gasteiger partial charge in [-0.2, -0.15) is 5.10 Å². The van der Waals surface area contributed by atoms with Gasteiger partial charge >= 0.3 is 5.97 Å². The van der Waals surface area contributed by atoms with Crippen LogP contribution in [0.4, 0.5) is 17.1 Å². The third-order valence-corrected chi connectivity index (χ3v) is 5.83. The van der Waals surface area contributed by atoms with Crippen molar-refractivity contribution in [2.75, 3.05) is 16.8 Å². The number of sulfonamides is 1. The van der Waals surface area contributed by atoms with Gasteiger partial charge in [-0.3, -0.25) is 20.3 Å². The second-order valence-electron chi connectivity index (χ2n) is 6.76. The Balaban J connectivity index is 1.82. The van der Waals surface area contributed by atoms with E-state index in [1.807, 2.05) is 6.92 Å². The molecule has 0 aliphatic rings. The summed E-state index contributed by atoms with van der Waals surface area (Å²) in [7, 11) is -4.31. The molecule has 34 heavy (non-hydrogen) atoms. The van der Waals surface area contributed by atoms with E-state index in [1.165, 1.54) is 36.5 Å². The Labute approximate surface area is 194 Å². The maximum atomic E-state index is 12.7. The minimum Gasteiger partial charge on any atom is -0.494 e. The Hall–Kier alpha value is -4.45. The highest BCUT2D eigenvalue weighted by Gasteiger charge is 2.23. The number of para-hydroxylation sites is 1. The highest BCUT2D eigenvalue weighted by molar-refractivity contribution is 7.92. The molecule has 0 spiro atoms. The molecule has 3 aromatic carbocycles. The second kappa shape index (κ2) is 10.4. The number of rotatable bonds is 10. The fourth-order valence-electron chi connectivity index (χ4n) is 2.88. The van der Waals surface area contributed by atoms with Crippen molar-refractivity contribution in [1.29, 1.82) is 0 Å². The zero-order valence-corrected chi connectivity index (χ0v) is 18.7. The number of nitrogens with one attached hydrogen (secondary N) is 2. The molecule has 0 aliphatic carbocycles. The summed E-state index contributed by atoms with van der Waals surface area (Å²) in [6, 6.07) is 15.6. The normalized spacial score (nSPS) is 11.2. The van der Waals surface area contributed by atoms with Crippen LogP contribution in [0.15, 0.2) is 76.7 Å². The van der Waals surface area contributed by atoms with Crippen LogP contribution in [0.5, 0.6) is 5.75 Å². The molecule has 0 aliphatic heterocycles. The molecule has 3 rings (SSSR count). The van der Waals surface area contributed by atoms with E-state index in [1.54, 1.807) is 24.3 Å². The lowest BCUT2D eigenvalue weighted by Gasteiger charge is -2.11. The molecule has 3 N–H and O–H groups in total. The number of hydrogen-bond acceptors (Lipinski definition) is 8. The minimum absolute atomic E-state index is 0.0305. The summed E-state index contributed by atoms with van der Waals surface area (Å²) in [5.41, 5.74) is 2.26. The average Bonchev–Trinajstić information content (AvgIpc) is 2.80. The van der Waals surface area contributed by atoms with Gasteiger partial charge in [0.15, 0.2) is 0 Å². The Kier molecular flexibility index (Phi) is 7.43. The number of nitrogens with zero attached hydrogens (tertiary/aromatic N) is 2. The monoisotopic (exact) mass is 484 g/mol. The molecule has 0 amide bonds. The topological polar surface area (TPSA) is 160 Å². The van der Waals surface area contributed by atoms with E-state index in [0.29, 0.717) is 17.9 Å². The van der Waals surface area contributed by atoms with Crippen molar-refractivity contribution in [3.63, 3.8) is 0 Å². The molecule has 0 fully saturated rings. The SMILES string of the molecule is CCOc1ccc(/C=N\Nc2ccc(S(=O)(=O)Nc3ccccc3C(=O)O)cc2[N+](=O)[O-])cc1. The van der Waals surface area contributed by atoms with Crippen LogP contribution in [0.25, 0.3) is 0 Å². The predicted molar refractivity (Wildman–Crippen MR) is 126 cm³/mol. The molecule has 12 heteroatoms. The number of ether oxygens (including phenoxy) is 1. The maximum absolute atomic E-state index is 12.7. The Morgan fingerprint density at radius 3 is 2.47 bits per heavy atom. The van der Waals surface area contributed by atoms with Gasteiger partial charge < -0.3 is 9.84 Å². The molecular formula is C22H20N4O7S. The third kappa shape index (κ3) is 5.86. The Morgan fingerprint density at radius 1 is 1.12 bits per heavy atom. The molecule has 0 saturated carbocycles. The number of nitro groups is 1. The third-order valence-electron chi connectivity index (χ3n) is 4.47. The standard InChI is InChI=1S/C22H20N4O7S/c1-2-33-16-9-7-15(8-10-16)14-23-24-20-12-11-17(13-21(20)26(29)30)34(31,32)25-19-6-4-3-5-18(19)22(27)28/h3-14,24-25H,2H2,1H3,(H,27,28)/b23-14-. The van der Waals surface area contributed by atoms with Crippen molar-refractivity contribution in [3.8, 4) is 5.75 Å². The Bertz CT molecular complexity index is 1340. The van der Waals surface area contributed by atoms with Crippen molar-refractivity contribution >= 4 is 39.3 Å². The van der Waals surface area contributed by atoms with Crippen molar-refractivity contribution in [3.05, 3.63) is 88.0 Å². The molecule has 0 atom stereocenters. The van der Waals surface area contributed by atoms with Gasteiger partial charge in [0.2, 0.25) is 0 Å². The van der Waals surface area contributed by atoms with Crippen molar-refractivity contribution in [1.82, 2.24) is 0 Å². The summed E-state index contributed by atoms with van der Waals surface area (Å²) in [6.07, 6.45) is 1.44. The number of hydrazone groups is 1. The van der Waals surface area contributed by atoms with Gasteiger partial charge in [0.25, 0.3) is 15.7 Å². The quantitative estimate of drug-likeness (QED) is 0.222. The summed E-state index contributed by atoms with van der Waals surface area (Å²) >= 11 is 0. The number of carboxylic acid groups (broad SMARTS) is 1. The lowest BCUT2D eigenvalue weighted by Crippen LogP contribution is -2.16. The number of anilines is 2. The second-order valence-corrected chi connectivity index (χ2v) is 8.45. The number of hydrogen-bond donors (Lipinski definition) is 3. The lowest BCUT2D eigenvalue weighted by molar-refractivity contribution is -0.384. The smallest absolute Gasteiger partial charge is 0.337 e. The van der Waals surface area contributed by atoms with Gasteiger partial charge in [0.1, 0.15) is 11.4 Å². The zero-order chi connectivity index (χ0) is 24.7. The molecule has 3 aromatic rings. The summed E-state index contributed by atoms with van der Waals surface area (Å²) in [5, 5.41) is 24.7. The van der Waals surface area contributed by atoms with Crippen LogP contribution >= 0.6 is 0 Å². The fourth-order valence-corrected chi connectivity index (χ4v) is 3.98. The molecule has 0 aromatic heterocycles. The van der Waals surface area contributed by atoms with E-state index < -0.39 is 31.5 Å². The van der Waals surface area contributed by atoms with Crippen molar-refractivity contribution in [2.24, 2.45) is 5.10 Å². The van der Waals surface area contributed by atoms with Crippen molar-refractivity contribution in [2.45, 2.75) is 11.8 Å². The number of carboxylic acids is 1. The van der Waals surface area contributed by atoms with Crippen LogP contribution < -0.4 is 14.9 Å². The summed E-state index contributed by atoms with van der Waals surface area (Å²) in [4.78, 5) is 21.7. The molecule has 0 unspecified atom stereocenters. The van der Waals surface area contributed by atoms with Crippen LogP contribution in [0.3, 0.4) is 0 Å². The fraction of sp³-hybridized carbons (Fsp3) is 0.0909. The van der Waals surface area contributed by atoms with E-state index >= 15 is 0 Å². The largest absolute Gasteiger partial charge is 0.494 e. The molecule has 0 radical (unpaired) electrons. The lowest BCUT2D eigenvalue weighted by atomic mass is 10.2. The van der Waals surface area contributed by atoms with Crippen LogP contribution in [0, 0.1) is 10.1 Å². The van der Waals surface area contributed by atoms with Gasteiger partial charge in [-0.05, 0) is 61.0 Å². The van der Waals surface area contributed by atoms with Crippen LogP contribution in [0.1, 0.15) is 22.8 Å². The highest BCUT2D eigenvalue weighted by Crippen LogP contribution is 2.29. The predicted octanol–water partition coefficient (Wildman–Crippen LogP) is 3.94. The number of benzene rings is 3. The molecule has 11 nitrogen and oxygen atoms in total. The molecule has 0 heterocycles. The molecule has 0 bridgehead atoms. The summed E-state index contributed by atoms with van der Waals surface area (Å²) < 4.78 is 33.0. The van der Waals surface area contributed by atoms with E-state index in [0.717, 1.165) is 12.1 Å². The van der Waals surface area contributed by atoms with E-state index in [-0.39, 0.29) is 16.9 Å². The van der Waals surface area contributed by atoms with Gasteiger partial charge in [-0.15, -0.1) is 0 Å². The summed E-state index contributed by atoms with van der Waals surface area (Å²) in [6.45, 7) is 2.40. The first-order chi connectivity index (χ1) is 16.2. The van der Waals surface area contributed by atoms with Gasteiger partial charge in [-0.25, -0.2) is 13.2 Å². The molecule has 176 valence electrons. The van der Waals surface area contributed by atoms with Gasteiger partial charge in [-0.1, -0.05) is 12.1 Å². The number of aromatic carboxylic acids is 1. The van der Waals surface area contributed by atoms with Gasteiger partial charge in [0, 0.05) is 6.07 Å². The maximum Gasteiger partial charge on any atom is 0.337 e. The number of nitro benzene ring substituents is 1. The molecular weight excluding hydrogens is 464 g/mol. The first-order valence-corrected chi connectivity index (χ1v) is 11.3. The highest BCUT2D eigenvalue weighted by atomic mass is 32.2. The van der Waals surface area contributed by atoms with Gasteiger partial charge in [0.05, 0.1) is 33.9 Å². The van der Waals surface area contributed by atoms with Crippen LogP contribution in [0.2, 0.25) is 0 Å². The molecule has 0 saturated heterocycles. The minimum atomic E-state index is -4.31. The number of carbonyl (C=O) groups is 1. The summed E-state index contributed by atoms with van der Waals surface area (Å²) in [5.74, 6) is -0.631. The first-order valence-electron chi connectivity index (χ1n) is 9.87. The van der Waals surface area contributed by atoms with E-state index in [9.17, 15) is 28.4 Å². The first kappa shape index (κ1) is 24.2. The average molecular weight is 484 g/mol.